The molecule has 1 fully saturated rings. The molecule has 2 aliphatic rings. The van der Waals surface area contributed by atoms with Gasteiger partial charge in [-0.05, 0) is 49.1 Å². The van der Waals surface area contributed by atoms with Crippen molar-refractivity contribution in [3.8, 4) is 5.75 Å². The number of aromatic hydroxyl groups is 1. The van der Waals surface area contributed by atoms with Crippen molar-refractivity contribution in [2.75, 3.05) is 27.2 Å². The summed E-state index contributed by atoms with van der Waals surface area (Å²) in [5.41, 5.74) is 2.97. The summed E-state index contributed by atoms with van der Waals surface area (Å²) >= 11 is 0. The fraction of sp³-hybridized carbons (Fsp3) is 0.588. The lowest BCUT2D eigenvalue weighted by Crippen LogP contribution is -2.38. The van der Waals surface area contributed by atoms with Gasteiger partial charge in [0.2, 0.25) is 5.91 Å². The minimum absolute atomic E-state index is 0.207. The molecule has 1 spiro atoms. The van der Waals surface area contributed by atoms with Crippen LogP contribution in [0.2, 0.25) is 0 Å². The van der Waals surface area contributed by atoms with Crippen molar-refractivity contribution in [2.45, 2.75) is 37.6 Å². The predicted molar refractivity (Wildman–Crippen MR) is 82.2 cm³/mol. The second kappa shape index (κ2) is 5.34. The van der Waals surface area contributed by atoms with Crippen LogP contribution in [0.3, 0.4) is 0 Å². The second-order valence-electron chi connectivity index (χ2n) is 6.72. The highest BCUT2D eigenvalue weighted by molar-refractivity contribution is 5.75. The third-order valence-electron chi connectivity index (χ3n) is 4.80. The molecule has 1 aliphatic heterocycles. The lowest BCUT2D eigenvalue weighted by atomic mass is 9.86. The number of hydrogen-bond donors (Lipinski definition) is 1. The van der Waals surface area contributed by atoms with E-state index in [-0.39, 0.29) is 11.3 Å². The van der Waals surface area contributed by atoms with E-state index in [1.165, 1.54) is 24.0 Å². The Kier molecular flexibility index (Phi) is 3.66. The molecule has 4 nitrogen and oxygen atoms in total. The van der Waals surface area contributed by atoms with Gasteiger partial charge in [0.1, 0.15) is 5.75 Å². The van der Waals surface area contributed by atoms with Gasteiger partial charge in [0.25, 0.3) is 0 Å². The van der Waals surface area contributed by atoms with E-state index in [0.717, 1.165) is 26.1 Å². The summed E-state index contributed by atoms with van der Waals surface area (Å²) in [6.45, 7) is 2.98. The van der Waals surface area contributed by atoms with Gasteiger partial charge in [-0.1, -0.05) is 6.07 Å². The Morgan fingerprint density at radius 2 is 2.14 bits per heavy atom. The average molecular weight is 288 g/mol. The van der Waals surface area contributed by atoms with Gasteiger partial charge < -0.3 is 10.0 Å². The standard InChI is InChI=1S/C17H24N2O2/c1-18(2)16(21)4-3-9-19-11-13-5-6-14(20)10-15(13)17(12-19)7-8-17/h5-6,10,20H,3-4,7-9,11-12H2,1-2H3. The zero-order chi connectivity index (χ0) is 15.0. The number of nitrogens with zero attached hydrogens (tertiary/aromatic N) is 2. The SMILES string of the molecule is CN(C)C(=O)CCCN1Cc2ccc(O)cc2C2(CC2)C1. The molecule has 3 rings (SSSR count). The monoisotopic (exact) mass is 288 g/mol. The molecule has 1 amide bonds. The van der Waals surface area contributed by atoms with E-state index < -0.39 is 0 Å². The number of rotatable bonds is 4. The first-order valence-corrected chi connectivity index (χ1v) is 7.75. The maximum atomic E-state index is 11.6. The van der Waals surface area contributed by atoms with E-state index in [0.29, 0.717) is 12.2 Å². The number of amides is 1. The highest BCUT2D eigenvalue weighted by Gasteiger charge is 2.48. The summed E-state index contributed by atoms with van der Waals surface area (Å²) in [5, 5.41) is 9.71. The van der Waals surface area contributed by atoms with Gasteiger partial charge in [-0.2, -0.15) is 0 Å². The molecule has 1 aromatic rings. The Morgan fingerprint density at radius 3 is 2.81 bits per heavy atom. The van der Waals surface area contributed by atoms with Gasteiger partial charge in [0.05, 0.1) is 0 Å². The maximum Gasteiger partial charge on any atom is 0.222 e. The molecule has 21 heavy (non-hydrogen) atoms. The minimum Gasteiger partial charge on any atom is -0.508 e. The summed E-state index contributed by atoms with van der Waals surface area (Å²) in [7, 11) is 3.62. The molecule has 0 radical (unpaired) electrons. The molecular weight excluding hydrogens is 264 g/mol. The van der Waals surface area contributed by atoms with Crippen LogP contribution in [0, 0.1) is 0 Å². The normalized spacial score (nSPS) is 19.3. The Labute approximate surface area is 126 Å². The van der Waals surface area contributed by atoms with Gasteiger partial charge in [-0.25, -0.2) is 0 Å². The van der Waals surface area contributed by atoms with Crippen molar-refractivity contribution in [3.05, 3.63) is 29.3 Å². The van der Waals surface area contributed by atoms with Crippen molar-refractivity contribution < 1.29 is 9.90 Å². The van der Waals surface area contributed by atoms with Crippen molar-refractivity contribution in [2.24, 2.45) is 0 Å². The lowest BCUT2D eigenvalue weighted by molar-refractivity contribution is -0.128. The van der Waals surface area contributed by atoms with Crippen LogP contribution in [0.25, 0.3) is 0 Å². The number of phenols is 1. The Hall–Kier alpha value is -1.55. The molecule has 0 saturated heterocycles. The van der Waals surface area contributed by atoms with E-state index >= 15 is 0 Å². The van der Waals surface area contributed by atoms with Gasteiger partial charge in [-0.3, -0.25) is 9.69 Å². The number of phenolic OH excluding ortho intramolecular Hbond substituents is 1. The highest BCUT2D eigenvalue weighted by Crippen LogP contribution is 2.52. The van der Waals surface area contributed by atoms with Crippen LogP contribution in [-0.2, 0) is 16.8 Å². The third-order valence-corrected chi connectivity index (χ3v) is 4.80. The summed E-state index contributed by atoms with van der Waals surface area (Å²) in [6, 6.07) is 5.80. The Morgan fingerprint density at radius 1 is 1.38 bits per heavy atom. The first-order valence-electron chi connectivity index (χ1n) is 7.75. The van der Waals surface area contributed by atoms with Gasteiger partial charge in [-0.15, -0.1) is 0 Å². The van der Waals surface area contributed by atoms with Crippen LogP contribution in [0.4, 0.5) is 0 Å². The molecule has 0 unspecified atom stereocenters. The first kappa shape index (κ1) is 14.4. The number of carbonyl (C=O) groups excluding carboxylic acids is 1. The van der Waals surface area contributed by atoms with Crippen LogP contribution in [0.5, 0.6) is 5.75 Å². The largest absolute Gasteiger partial charge is 0.508 e. The average Bonchev–Trinajstić information content (AvgIpc) is 3.20. The molecule has 1 saturated carbocycles. The molecule has 1 N–H and O–H groups in total. The molecule has 1 heterocycles. The van der Waals surface area contributed by atoms with E-state index in [2.05, 4.69) is 11.0 Å². The number of carbonyl (C=O) groups is 1. The second-order valence-corrected chi connectivity index (χ2v) is 6.72. The van der Waals surface area contributed by atoms with E-state index in [4.69, 9.17) is 0 Å². The quantitative estimate of drug-likeness (QED) is 0.923. The van der Waals surface area contributed by atoms with Crippen LogP contribution < -0.4 is 0 Å². The summed E-state index contributed by atoms with van der Waals surface area (Å²) in [6.07, 6.45) is 3.98. The van der Waals surface area contributed by atoms with E-state index in [1.54, 1.807) is 11.0 Å². The maximum absolute atomic E-state index is 11.6. The van der Waals surface area contributed by atoms with Crippen molar-refractivity contribution in [3.63, 3.8) is 0 Å². The zero-order valence-corrected chi connectivity index (χ0v) is 12.9. The topological polar surface area (TPSA) is 43.8 Å². The fourth-order valence-electron chi connectivity index (χ4n) is 3.42. The van der Waals surface area contributed by atoms with Gasteiger partial charge in [0, 0.05) is 39.0 Å². The Balaban J connectivity index is 1.63. The highest BCUT2D eigenvalue weighted by atomic mass is 16.3. The lowest BCUT2D eigenvalue weighted by Gasteiger charge is -2.35. The van der Waals surface area contributed by atoms with Crippen LogP contribution in [0.1, 0.15) is 36.8 Å². The molecule has 1 aromatic carbocycles. The molecule has 0 aromatic heterocycles. The molecule has 114 valence electrons. The molecule has 0 bridgehead atoms. The van der Waals surface area contributed by atoms with Crippen LogP contribution >= 0.6 is 0 Å². The summed E-state index contributed by atoms with van der Waals surface area (Å²) in [5.74, 6) is 0.587. The number of hydrogen-bond acceptors (Lipinski definition) is 3. The summed E-state index contributed by atoms with van der Waals surface area (Å²) < 4.78 is 0. The first-order chi connectivity index (χ1) is 10.00. The summed E-state index contributed by atoms with van der Waals surface area (Å²) in [4.78, 5) is 15.8. The number of fused-ring (bicyclic) bond motifs is 2. The fourth-order valence-corrected chi connectivity index (χ4v) is 3.42. The van der Waals surface area contributed by atoms with Crippen LogP contribution in [0.15, 0.2) is 18.2 Å². The van der Waals surface area contributed by atoms with E-state index in [1.807, 2.05) is 20.2 Å². The molecule has 0 atom stereocenters. The zero-order valence-electron chi connectivity index (χ0n) is 12.9. The smallest absolute Gasteiger partial charge is 0.222 e. The predicted octanol–water partition coefficient (Wildman–Crippen LogP) is 2.11. The Bertz CT molecular complexity index is 550. The van der Waals surface area contributed by atoms with Crippen molar-refractivity contribution in [1.82, 2.24) is 9.80 Å². The van der Waals surface area contributed by atoms with E-state index in [9.17, 15) is 9.90 Å². The van der Waals surface area contributed by atoms with Crippen LogP contribution in [-0.4, -0.2) is 48.0 Å². The third kappa shape index (κ3) is 2.91. The minimum atomic E-state index is 0.207. The van der Waals surface area contributed by atoms with Crippen molar-refractivity contribution >= 4 is 5.91 Å². The molecular formula is C17H24N2O2. The number of benzene rings is 1. The van der Waals surface area contributed by atoms with Gasteiger partial charge >= 0.3 is 0 Å². The molecule has 1 aliphatic carbocycles. The van der Waals surface area contributed by atoms with Crippen molar-refractivity contribution in [1.29, 1.82) is 0 Å². The molecule has 4 heteroatoms. The van der Waals surface area contributed by atoms with Gasteiger partial charge in [0.15, 0.2) is 0 Å².